The van der Waals surface area contributed by atoms with Crippen molar-refractivity contribution in [2.24, 2.45) is 0 Å². The molecule has 0 aliphatic carbocycles. The highest BCUT2D eigenvalue weighted by atomic mass is 79.9. The molecule has 1 heterocycles. The number of anilines is 1. The number of amides is 1. The second-order valence-electron chi connectivity index (χ2n) is 4.75. The molecular formula is C13H16BrNO3. The van der Waals surface area contributed by atoms with Gasteiger partial charge in [0.15, 0.2) is 0 Å². The van der Waals surface area contributed by atoms with Crippen LogP contribution in [0.2, 0.25) is 0 Å². The molecule has 0 radical (unpaired) electrons. The summed E-state index contributed by atoms with van der Waals surface area (Å²) in [5.41, 5.74) is -0.105. The SMILES string of the molecule is CC(C)(OC1COC1)C(=O)Nc1ccc(Br)cc1. The average Bonchev–Trinajstić information content (AvgIpc) is 2.27. The van der Waals surface area contributed by atoms with Crippen molar-refractivity contribution in [3.63, 3.8) is 0 Å². The van der Waals surface area contributed by atoms with E-state index in [0.717, 1.165) is 10.2 Å². The fourth-order valence-corrected chi connectivity index (χ4v) is 1.83. The Morgan fingerprint density at radius 2 is 2.00 bits per heavy atom. The predicted molar refractivity (Wildman–Crippen MR) is 72.5 cm³/mol. The number of carbonyl (C=O) groups excluding carboxylic acids is 1. The molecule has 1 amide bonds. The van der Waals surface area contributed by atoms with Crippen molar-refractivity contribution in [3.05, 3.63) is 28.7 Å². The van der Waals surface area contributed by atoms with Crippen molar-refractivity contribution in [1.82, 2.24) is 0 Å². The third kappa shape index (κ3) is 3.31. The number of benzene rings is 1. The van der Waals surface area contributed by atoms with E-state index < -0.39 is 5.60 Å². The number of hydrogen-bond acceptors (Lipinski definition) is 3. The molecule has 18 heavy (non-hydrogen) atoms. The van der Waals surface area contributed by atoms with Crippen LogP contribution in [0.1, 0.15) is 13.8 Å². The van der Waals surface area contributed by atoms with Gasteiger partial charge in [-0.25, -0.2) is 0 Å². The van der Waals surface area contributed by atoms with E-state index in [-0.39, 0.29) is 12.0 Å². The second-order valence-corrected chi connectivity index (χ2v) is 5.66. The Bertz CT molecular complexity index is 426. The van der Waals surface area contributed by atoms with Crippen LogP contribution in [0, 0.1) is 0 Å². The minimum atomic E-state index is -0.860. The molecule has 0 aromatic heterocycles. The Kier molecular flexibility index (Phi) is 4.04. The number of carbonyl (C=O) groups is 1. The highest BCUT2D eigenvalue weighted by Gasteiger charge is 2.34. The normalized spacial score (nSPS) is 16.2. The van der Waals surface area contributed by atoms with E-state index in [1.54, 1.807) is 13.8 Å². The van der Waals surface area contributed by atoms with Crippen LogP contribution >= 0.6 is 15.9 Å². The van der Waals surface area contributed by atoms with Crippen molar-refractivity contribution in [2.45, 2.75) is 25.6 Å². The zero-order valence-electron chi connectivity index (χ0n) is 10.4. The molecule has 0 atom stereocenters. The summed E-state index contributed by atoms with van der Waals surface area (Å²) < 4.78 is 11.7. The average molecular weight is 314 g/mol. The third-order valence-corrected chi connectivity index (χ3v) is 3.25. The van der Waals surface area contributed by atoms with Crippen molar-refractivity contribution < 1.29 is 14.3 Å². The van der Waals surface area contributed by atoms with Crippen LogP contribution < -0.4 is 5.32 Å². The lowest BCUT2D eigenvalue weighted by molar-refractivity contribution is -0.186. The van der Waals surface area contributed by atoms with Crippen LogP contribution in [0.25, 0.3) is 0 Å². The first kappa shape index (κ1) is 13.5. The standard InChI is InChI=1S/C13H16BrNO3/c1-13(2,18-11-7-17-8-11)12(16)15-10-5-3-9(14)4-6-10/h3-6,11H,7-8H2,1-2H3,(H,15,16). The van der Waals surface area contributed by atoms with Gasteiger partial charge < -0.3 is 14.8 Å². The van der Waals surface area contributed by atoms with Gasteiger partial charge in [-0.2, -0.15) is 0 Å². The summed E-state index contributed by atoms with van der Waals surface area (Å²) in [6.07, 6.45) is 0.0238. The first-order chi connectivity index (χ1) is 8.47. The number of halogens is 1. The van der Waals surface area contributed by atoms with E-state index in [2.05, 4.69) is 21.2 Å². The van der Waals surface area contributed by atoms with Gasteiger partial charge in [0.25, 0.3) is 5.91 Å². The van der Waals surface area contributed by atoms with Crippen LogP contribution in [-0.2, 0) is 14.3 Å². The Balaban J connectivity index is 1.95. The molecule has 1 N–H and O–H groups in total. The molecule has 1 aromatic rings. The predicted octanol–water partition coefficient (Wildman–Crippen LogP) is 2.58. The fraction of sp³-hybridized carbons (Fsp3) is 0.462. The summed E-state index contributed by atoms with van der Waals surface area (Å²) in [5, 5.41) is 2.84. The summed E-state index contributed by atoms with van der Waals surface area (Å²) in [6, 6.07) is 7.43. The molecule has 0 saturated carbocycles. The molecule has 98 valence electrons. The lowest BCUT2D eigenvalue weighted by Gasteiger charge is -2.34. The Morgan fingerprint density at radius 3 is 2.50 bits per heavy atom. The van der Waals surface area contributed by atoms with Gasteiger partial charge in [0.05, 0.1) is 13.2 Å². The number of ether oxygens (including phenoxy) is 2. The molecule has 1 aliphatic heterocycles. The smallest absolute Gasteiger partial charge is 0.256 e. The molecule has 0 bridgehead atoms. The summed E-state index contributed by atoms with van der Waals surface area (Å²) in [7, 11) is 0. The topological polar surface area (TPSA) is 47.6 Å². The first-order valence-electron chi connectivity index (χ1n) is 5.80. The maximum absolute atomic E-state index is 12.1. The molecule has 1 aromatic carbocycles. The maximum Gasteiger partial charge on any atom is 0.256 e. The summed E-state index contributed by atoms with van der Waals surface area (Å²) >= 11 is 3.35. The zero-order valence-corrected chi connectivity index (χ0v) is 12.0. The largest absolute Gasteiger partial charge is 0.376 e. The van der Waals surface area contributed by atoms with Crippen LogP contribution in [0.15, 0.2) is 28.7 Å². The van der Waals surface area contributed by atoms with E-state index in [4.69, 9.17) is 9.47 Å². The minimum absolute atomic E-state index is 0.0238. The lowest BCUT2D eigenvalue weighted by atomic mass is 10.1. The van der Waals surface area contributed by atoms with Gasteiger partial charge >= 0.3 is 0 Å². The third-order valence-electron chi connectivity index (χ3n) is 2.72. The van der Waals surface area contributed by atoms with Crippen LogP contribution in [0.3, 0.4) is 0 Å². The Hall–Kier alpha value is -0.910. The van der Waals surface area contributed by atoms with Gasteiger partial charge in [0, 0.05) is 10.2 Å². The zero-order chi connectivity index (χ0) is 13.2. The molecule has 0 unspecified atom stereocenters. The summed E-state index contributed by atoms with van der Waals surface area (Å²) in [4.78, 5) is 12.1. The van der Waals surface area contributed by atoms with Crippen LogP contribution in [0.5, 0.6) is 0 Å². The van der Waals surface area contributed by atoms with Crippen molar-refractivity contribution >= 4 is 27.5 Å². The van der Waals surface area contributed by atoms with E-state index >= 15 is 0 Å². The molecular weight excluding hydrogens is 298 g/mol. The van der Waals surface area contributed by atoms with Crippen LogP contribution in [-0.4, -0.2) is 30.8 Å². The highest BCUT2D eigenvalue weighted by Crippen LogP contribution is 2.20. The van der Waals surface area contributed by atoms with Gasteiger partial charge in [-0.3, -0.25) is 4.79 Å². The molecule has 5 heteroatoms. The van der Waals surface area contributed by atoms with Gasteiger partial charge in [-0.05, 0) is 38.1 Å². The minimum Gasteiger partial charge on any atom is -0.376 e. The lowest BCUT2D eigenvalue weighted by Crippen LogP contribution is -2.48. The van der Waals surface area contributed by atoms with Crippen molar-refractivity contribution in [2.75, 3.05) is 18.5 Å². The number of hydrogen-bond donors (Lipinski definition) is 1. The van der Waals surface area contributed by atoms with Gasteiger partial charge in [-0.1, -0.05) is 15.9 Å². The molecule has 0 spiro atoms. The molecule has 2 rings (SSSR count). The molecule has 1 fully saturated rings. The first-order valence-corrected chi connectivity index (χ1v) is 6.59. The maximum atomic E-state index is 12.1. The monoisotopic (exact) mass is 313 g/mol. The quantitative estimate of drug-likeness (QED) is 0.929. The van der Waals surface area contributed by atoms with E-state index in [0.29, 0.717) is 13.2 Å². The van der Waals surface area contributed by atoms with Gasteiger partial charge in [0.2, 0.25) is 0 Å². The Labute approximate surface area is 115 Å². The Morgan fingerprint density at radius 1 is 1.39 bits per heavy atom. The highest BCUT2D eigenvalue weighted by molar-refractivity contribution is 9.10. The van der Waals surface area contributed by atoms with Crippen LogP contribution in [0.4, 0.5) is 5.69 Å². The molecule has 1 saturated heterocycles. The fourth-order valence-electron chi connectivity index (χ4n) is 1.57. The van der Waals surface area contributed by atoms with E-state index in [1.807, 2.05) is 24.3 Å². The summed E-state index contributed by atoms with van der Waals surface area (Å²) in [6.45, 7) is 4.66. The van der Waals surface area contributed by atoms with Gasteiger partial charge in [0.1, 0.15) is 11.7 Å². The number of nitrogens with one attached hydrogen (secondary N) is 1. The van der Waals surface area contributed by atoms with E-state index in [9.17, 15) is 4.79 Å². The van der Waals surface area contributed by atoms with Gasteiger partial charge in [-0.15, -0.1) is 0 Å². The van der Waals surface area contributed by atoms with Crippen molar-refractivity contribution in [1.29, 1.82) is 0 Å². The number of rotatable bonds is 4. The van der Waals surface area contributed by atoms with E-state index in [1.165, 1.54) is 0 Å². The second kappa shape index (κ2) is 5.38. The molecule has 1 aliphatic rings. The molecule has 4 nitrogen and oxygen atoms in total. The summed E-state index contributed by atoms with van der Waals surface area (Å²) in [5.74, 6) is -0.156. The van der Waals surface area contributed by atoms with Crippen molar-refractivity contribution in [3.8, 4) is 0 Å².